The van der Waals surface area contributed by atoms with Crippen LogP contribution in [0.3, 0.4) is 0 Å². The van der Waals surface area contributed by atoms with Gasteiger partial charge in [-0.05, 0) is 44.9 Å². The fourth-order valence-corrected chi connectivity index (χ4v) is 12.0. The summed E-state index contributed by atoms with van der Waals surface area (Å²) in [5, 5.41) is 120. The third-order valence-electron chi connectivity index (χ3n) is 17.7. The van der Waals surface area contributed by atoms with Gasteiger partial charge >= 0.3 is 0 Å². The fourth-order valence-electron chi connectivity index (χ4n) is 12.0. The van der Waals surface area contributed by atoms with Gasteiger partial charge in [-0.3, -0.25) is 4.79 Å². The molecule has 3 aliphatic rings. The predicted octanol–water partition coefficient (Wildman–Crippen LogP) is 9.05. The van der Waals surface area contributed by atoms with Gasteiger partial charge in [0, 0.05) is 6.42 Å². The van der Waals surface area contributed by atoms with E-state index in [1.165, 1.54) is 199 Å². The van der Waals surface area contributed by atoms with E-state index in [0.717, 1.165) is 44.9 Å². The topological polar surface area (TPSA) is 307 Å². The number of allylic oxidation sites excluding steroid dienone is 3. The molecule has 3 rings (SSSR count). The molecule has 0 radical (unpaired) electrons. The monoisotopic (exact) mass is 1250 g/mol. The summed E-state index contributed by atoms with van der Waals surface area (Å²) in [7, 11) is 0. The molecule has 3 fully saturated rings. The van der Waals surface area contributed by atoms with E-state index in [9.17, 15) is 61.0 Å². The molecule has 0 bridgehead atoms. The summed E-state index contributed by atoms with van der Waals surface area (Å²) in [6, 6.07) is -0.969. The van der Waals surface area contributed by atoms with Crippen LogP contribution in [0, 0.1) is 0 Å². The molecule has 1 amide bonds. The van der Waals surface area contributed by atoms with Gasteiger partial charge in [-0.25, -0.2) is 0 Å². The van der Waals surface area contributed by atoms with E-state index in [-0.39, 0.29) is 18.9 Å². The summed E-state index contributed by atoms with van der Waals surface area (Å²) < 4.78 is 34.3. The van der Waals surface area contributed by atoms with Crippen molar-refractivity contribution in [3.8, 4) is 0 Å². The highest BCUT2D eigenvalue weighted by molar-refractivity contribution is 5.76. The minimum Gasteiger partial charge on any atom is -0.394 e. The van der Waals surface area contributed by atoms with Crippen molar-refractivity contribution in [2.75, 3.05) is 26.4 Å². The highest BCUT2D eigenvalue weighted by atomic mass is 16.8. The number of hydrogen-bond acceptors (Lipinski definition) is 18. The number of rotatable bonds is 54. The molecule has 17 atom stereocenters. The van der Waals surface area contributed by atoms with Crippen molar-refractivity contribution < 1.29 is 89.4 Å². The Morgan fingerprint density at radius 1 is 0.402 bits per heavy atom. The number of ether oxygens (including phenoxy) is 6. The third-order valence-corrected chi connectivity index (χ3v) is 17.7. The summed E-state index contributed by atoms with van der Waals surface area (Å²) in [5.74, 6) is -0.272. The molecule has 87 heavy (non-hydrogen) atoms. The normalized spacial score (nSPS) is 28.7. The standard InChI is InChI=1S/C68H127NO18/c1-3-5-7-9-11-13-15-17-18-19-20-21-22-23-24-25-26-27-28-29-30-31-32-34-36-38-40-42-44-46-56(74)69-51(52(73)45-43-41-39-37-35-33-16-14-12-10-8-6-4-2)50-82-66-62(80)59(77)64(54(48-71)84-66)87-68-63(81)60(78)65(55(49-72)85-68)86-67-61(79)58(76)57(75)53(47-70)83-67/h19-20,43,45,51-55,57-68,70-73,75-81H,3-18,21-42,44,46-50H2,1-2H3,(H,69,74)/b20-19-,45-43+. The van der Waals surface area contributed by atoms with Gasteiger partial charge < -0.3 is 89.9 Å². The van der Waals surface area contributed by atoms with Crippen LogP contribution in [0.4, 0.5) is 0 Å². The van der Waals surface area contributed by atoms with Crippen LogP contribution in [0.5, 0.6) is 0 Å². The number of hydrogen-bond donors (Lipinski definition) is 12. The Kier molecular flexibility index (Phi) is 46.4. The SMILES string of the molecule is CCCCCCCCCC/C=C\CCCCCCCCCCCCCCCCCCCC(=O)NC(COC1OC(CO)C(OC2OC(CO)C(OC3OC(CO)C(O)C(O)C3O)C(O)C2O)C(O)C1O)C(O)/C=C/CCCCCCCCCCCCC. The lowest BCUT2D eigenvalue weighted by atomic mass is 9.96. The van der Waals surface area contributed by atoms with Crippen LogP contribution in [0.15, 0.2) is 24.3 Å². The zero-order valence-corrected chi connectivity index (χ0v) is 54.0. The first-order valence-electron chi connectivity index (χ1n) is 35.1. The Morgan fingerprint density at radius 2 is 0.724 bits per heavy atom. The number of unbranched alkanes of at least 4 members (excludes halogenated alkanes) is 36. The molecule has 3 aliphatic heterocycles. The van der Waals surface area contributed by atoms with Crippen molar-refractivity contribution in [2.45, 2.75) is 375 Å². The first kappa shape index (κ1) is 79.5. The van der Waals surface area contributed by atoms with Gasteiger partial charge in [0.15, 0.2) is 18.9 Å². The number of carbonyl (C=O) groups excluding carboxylic acids is 1. The first-order valence-corrected chi connectivity index (χ1v) is 35.1. The van der Waals surface area contributed by atoms with Crippen LogP contribution in [-0.4, -0.2) is 193 Å². The second-order valence-electron chi connectivity index (χ2n) is 25.3. The lowest BCUT2D eigenvalue weighted by Crippen LogP contribution is -2.66. The van der Waals surface area contributed by atoms with Crippen LogP contribution in [-0.2, 0) is 33.2 Å². The lowest BCUT2D eigenvalue weighted by Gasteiger charge is -2.48. The molecule has 0 spiro atoms. The van der Waals surface area contributed by atoms with E-state index < -0.39 is 124 Å². The molecule has 17 unspecified atom stereocenters. The van der Waals surface area contributed by atoms with Crippen molar-refractivity contribution in [1.82, 2.24) is 5.32 Å². The average Bonchev–Trinajstić information content (AvgIpc) is 1.69. The highest BCUT2D eigenvalue weighted by Gasteiger charge is 2.53. The predicted molar refractivity (Wildman–Crippen MR) is 337 cm³/mol. The number of nitrogens with one attached hydrogen (secondary N) is 1. The number of aliphatic hydroxyl groups is 11. The average molecular weight is 1250 g/mol. The van der Waals surface area contributed by atoms with Crippen LogP contribution in [0.1, 0.15) is 271 Å². The van der Waals surface area contributed by atoms with Crippen LogP contribution in [0.2, 0.25) is 0 Å². The Labute approximate surface area is 524 Å². The van der Waals surface area contributed by atoms with Gasteiger partial charge in [-0.15, -0.1) is 0 Å². The molecule has 19 heteroatoms. The lowest BCUT2D eigenvalue weighted by molar-refractivity contribution is -0.379. The molecule has 19 nitrogen and oxygen atoms in total. The van der Waals surface area contributed by atoms with Crippen molar-refractivity contribution >= 4 is 5.91 Å². The van der Waals surface area contributed by atoms with Gasteiger partial charge in [0.25, 0.3) is 0 Å². The molecule has 12 N–H and O–H groups in total. The van der Waals surface area contributed by atoms with E-state index in [4.69, 9.17) is 28.4 Å². The third kappa shape index (κ3) is 33.1. The molecular formula is C68H127NO18. The molecule has 3 saturated heterocycles. The fraction of sp³-hybridized carbons (Fsp3) is 0.926. The van der Waals surface area contributed by atoms with Gasteiger partial charge in [0.2, 0.25) is 5.91 Å². The van der Waals surface area contributed by atoms with Crippen molar-refractivity contribution in [2.24, 2.45) is 0 Å². The number of amides is 1. The Balaban J connectivity index is 1.38. The molecule has 0 saturated carbocycles. The smallest absolute Gasteiger partial charge is 0.220 e. The molecule has 512 valence electrons. The van der Waals surface area contributed by atoms with Crippen molar-refractivity contribution in [1.29, 1.82) is 0 Å². The highest BCUT2D eigenvalue weighted by Crippen LogP contribution is 2.33. The van der Waals surface area contributed by atoms with E-state index in [1.807, 2.05) is 6.08 Å². The maximum atomic E-state index is 13.4. The Morgan fingerprint density at radius 3 is 1.11 bits per heavy atom. The quantitative estimate of drug-likeness (QED) is 0.0200. The summed E-state index contributed by atoms with van der Waals surface area (Å²) in [5.41, 5.74) is 0. The summed E-state index contributed by atoms with van der Waals surface area (Å²) in [6.07, 6.45) is 30.3. The first-order chi connectivity index (χ1) is 42.3. The molecule has 0 aromatic carbocycles. The second kappa shape index (κ2) is 50.8. The van der Waals surface area contributed by atoms with Crippen LogP contribution in [0.25, 0.3) is 0 Å². The summed E-state index contributed by atoms with van der Waals surface area (Å²) in [6.45, 7) is 1.74. The van der Waals surface area contributed by atoms with Gasteiger partial charge in [0.05, 0.1) is 38.6 Å². The Hall–Kier alpha value is -1.73. The van der Waals surface area contributed by atoms with E-state index in [1.54, 1.807) is 6.08 Å². The van der Waals surface area contributed by atoms with Crippen LogP contribution >= 0.6 is 0 Å². The molecule has 0 aliphatic carbocycles. The van der Waals surface area contributed by atoms with E-state index >= 15 is 0 Å². The van der Waals surface area contributed by atoms with Crippen molar-refractivity contribution in [3.05, 3.63) is 24.3 Å². The van der Waals surface area contributed by atoms with E-state index in [2.05, 4.69) is 31.3 Å². The van der Waals surface area contributed by atoms with Gasteiger partial charge in [-0.1, -0.05) is 244 Å². The molecular weight excluding hydrogens is 1120 g/mol. The molecule has 0 aromatic heterocycles. The molecule has 3 heterocycles. The van der Waals surface area contributed by atoms with Gasteiger partial charge in [-0.2, -0.15) is 0 Å². The minimum absolute atomic E-state index is 0.247. The molecule has 0 aromatic rings. The zero-order valence-electron chi connectivity index (χ0n) is 54.0. The van der Waals surface area contributed by atoms with Crippen LogP contribution < -0.4 is 5.32 Å². The zero-order chi connectivity index (χ0) is 63.3. The summed E-state index contributed by atoms with van der Waals surface area (Å²) >= 11 is 0. The minimum atomic E-state index is -1.98. The summed E-state index contributed by atoms with van der Waals surface area (Å²) in [4.78, 5) is 13.4. The maximum absolute atomic E-state index is 13.4. The largest absolute Gasteiger partial charge is 0.394 e. The van der Waals surface area contributed by atoms with E-state index in [0.29, 0.717) is 6.42 Å². The second-order valence-corrected chi connectivity index (χ2v) is 25.3. The number of carbonyl (C=O) groups is 1. The number of aliphatic hydroxyl groups excluding tert-OH is 11. The van der Waals surface area contributed by atoms with Crippen molar-refractivity contribution in [3.63, 3.8) is 0 Å². The maximum Gasteiger partial charge on any atom is 0.220 e. The Bertz CT molecular complexity index is 1680. The van der Waals surface area contributed by atoms with Gasteiger partial charge in [0.1, 0.15) is 73.2 Å².